The number of nitrogens with one attached hydrogen (secondary N) is 1. The van der Waals surface area contributed by atoms with Crippen molar-refractivity contribution >= 4 is 11.8 Å². The molecule has 2 rings (SSSR count). The molecule has 1 N–H and O–H groups in total. The summed E-state index contributed by atoms with van der Waals surface area (Å²) in [6.45, 7) is 3.93. The lowest BCUT2D eigenvalue weighted by atomic mass is 10.1. The number of imide groups is 1. The topological polar surface area (TPSA) is 49.4 Å². The number of hydrogen-bond acceptors (Lipinski definition) is 3. The Kier molecular flexibility index (Phi) is 2.75. The van der Waals surface area contributed by atoms with Gasteiger partial charge in [-0.3, -0.25) is 9.59 Å². The summed E-state index contributed by atoms with van der Waals surface area (Å²) < 4.78 is 0. The van der Waals surface area contributed by atoms with Crippen molar-refractivity contribution < 1.29 is 9.59 Å². The summed E-state index contributed by atoms with van der Waals surface area (Å²) in [7, 11) is 0. The highest BCUT2D eigenvalue weighted by Gasteiger charge is 2.35. The van der Waals surface area contributed by atoms with Crippen LogP contribution in [-0.4, -0.2) is 22.9 Å². The zero-order valence-electron chi connectivity index (χ0n) is 9.36. The van der Waals surface area contributed by atoms with Gasteiger partial charge in [-0.25, -0.2) is 10.4 Å². The van der Waals surface area contributed by atoms with Crippen LogP contribution < -0.4 is 5.43 Å². The van der Waals surface area contributed by atoms with E-state index < -0.39 is 0 Å². The van der Waals surface area contributed by atoms with E-state index in [4.69, 9.17) is 0 Å². The van der Waals surface area contributed by atoms with Crippen molar-refractivity contribution in [1.82, 2.24) is 10.4 Å². The highest BCUT2D eigenvalue weighted by Crippen LogP contribution is 2.20. The minimum atomic E-state index is -0.263. The van der Waals surface area contributed by atoms with E-state index in [9.17, 15) is 9.59 Å². The van der Waals surface area contributed by atoms with Gasteiger partial charge in [-0.15, -0.1) is 0 Å². The van der Waals surface area contributed by atoms with Gasteiger partial charge < -0.3 is 0 Å². The molecule has 1 aliphatic rings. The third kappa shape index (κ3) is 1.61. The minimum absolute atomic E-state index is 0.0993. The van der Waals surface area contributed by atoms with Crippen molar-refractivity contribution in [3.63, 3.8) is 0 Å². The van der Waals surface area contributed by atoms with Crippen molar-refractivity contribution in [1.29, 1.82) is 0 Å². The Balaban J connectivity index is 2.28. The zero-order valence-corrected chi connectivity index (χ0v) is 9.36. The normalized spacial score (nSPS) is 16.5. The molecule has 2 amide bonds. The fourth-order valence-corrected chi connectivity index (χ4v) is 1.62. The van der Waals surface area contributed by atoms with E-state index in [-0.39, 0.29) is 17.9 Å². The first-order valence-corrected chi connectivity index (χ1v) is 5.39. The molecule has 1 aromatic rings. The van der Waals surface area contributed by atoms with Crippen molar-refractivity contribution in [3.8, 4) is 0 Å². The minimum Gasteiger partial charge on any atom is -0.267 e. The molecule has 4 heteroatoms. The van der Waals surface area contributed by atoms with Crippen molar-refractivity contribution in [2.24, 2.45) is 0 Å². The molecule has 1 heterocycles. The van der Waals surface area contributed by atoms with Crippen LogP contribution in [0.15, 0.2) is 24.3 Å². The predicted octanol–water partition coefficient (Wildman–Crippen LogP) is 1.59. The van der Waals surface area contributed by atoms with Gasteiger partial charge in [0, 0.05) is 6.04 Å². The van der Waals surface area contributed by atoms with Crippen LogP contribution in [0.4, 0.5) is 0 Å². The first-order valence-electron chi connectivity index (χ1n) is 5.39. The Morgan fingerprint density at radius 2 is 1.69 bits per heavy atom. The highest BCUT2D eigenvalue weighted by molar-refractivity contribution is 6.20. The second kappa shape index (κ2) is 4.06. The van der Waals surface area contributed by atoms with Crippen molar-refractivity contribution in [3.05, 3.63) is 35.4 Å². The van der Waals surface area contributed by atoms with E-state index >= 15 is 0 Å². The SMILES string of the molecule is CCC(C)NN1C(=O)c2ccccc2C1=O. The molecule has 16 heavy (non-hydrogen) atoms. The first-order chi connectivity index (χ1) is 7.65. The molecule has 0 bridgehead atoms. The van der Waals surface area contributed by atoms with Crippen LogP contribution in [0.5, 0.6) is 0 Å². The van der Waals surface area contributed by atoms with Gasteiger partial charge in [-0.1, -0.05) is 19.1 Å². The number of fused-ring (bicyclic) bond motifs is 1. The largest absolute Gasteiger partial charge is 0.276 e. The second-order valence-electron chi connectivity index (χ2n) is 3.93. The Labute approximate surface area is 94.2 Å². The van der Waals surface area contributed by atoms with Crippen LogP contribution in [0.2, 0.25) is 0 Å². The molecular formula is C12H14N2O2. The lowest BCUT2D eigenvalue weighted by Crippen LogP contribution is -2.46. The fourth-order valence-electron chi connectivity index (χ4n) is 1.62. The van der Waals surface area contributed by atoms with E-state index in [1.54, 1.807) is 24.3 Å². The van der Waals surface area contributed by atoms with Crippen LogP contribution in [0.1, 0.15) is 41.0 Å². The summed E-state index contributed by atoms with van der Waals surface area (Å²) in [4.78, 5) is 23.8. The van der Waals surface area contributed by atoms with Gasteiger partial charge in [0.15, 0.2) is 0 Å². The number of nitrogens with zero attached hydrogens (tertiary/aromatic N) is 1. The monoisotopic (exact) mass is 218 g/mol. The quantitative estimate of drug-likeness (QED) is 0.784. The van der Waals surface area contributed by atoms with Crippen molar-refractivity contribution in [2.45, 2.75) is 26.3 Å². The van der Waals surface area contributed by atoms with E-state index in [2.05, 4.69) is 5.43 Å². The van der Waals surface area contributed by atoms with Crippen LogP contribution in [0, 0.1) is 0 Å². The molecule has 0 saturated heterocycles. The summed E-state index contributed by atoms with van der Waals surface area (Å²) in [6, 6.07) is 6.97. The Hall–Kier alpha value is -1.68. The van der Waals surface area contributed by atoms with Gasteiger partial charge in [0.25, 0.3) is 11.8 Å². The molecule has 1 aromatic carbocycles. The van der Waals surface area contributed by atoms with Gasteiger partial charge in [-0.2, -0.15) is 0 Å². The summed E-state index contributed by atoms with van der Waals surface area (Å²) >= 11 is 0. The maximum absolute atomic E-state index is 11.9. The average Bonchev–Trinajstić information content (AvgIpc) is 2.55. The lowest BCUT2D eigenvalue weighted by Gasteiger charge is -2.19. The zero-order chi connectivity index (χ0) is 11.7. The molecule has 1 atom stereocenters. The molecule has 0 spiro atoms. The molecule has 0 saturated carbocycles. The Morgan fingerprint density at radius 1 is 1.19 bits per heavy atom. The number of benzene rings is 1. The molecule has 0 aromatic heterocycles. The van der Waals surface area contributed by atoms with Gasteiger partial charge in [0.1, 0.15) is 0 Å². The fraction of sp³-hybridized carbons (Fsp3) is 0.333. The maximum Gasteiger partial charge on any atom is 0.276 e. The van der Waals surface area contributed by atoms with Gasteiger partial charge in [0.2, 0.25) is 0 Å². The van der Waals surface area contributed by atoms with E-state index in [1.807, 2.05) is 13.8 Å². The first kappa shape index (κ1) is 10.8. The highest BCUT2D eigenvalue weighted by atomic mass is 16.2. The van der Waals surface area contributed by atoms with E-state index in [0.717, 1.165) is 11.4 Å². The Bertz CT molecular complexity index is 407. The third-order valence-corrected chi connectivity index (χ3v) is 2.76. The molecule has 84 valence electrons. The number of hydrazine groups is 1. The molecule has 1 aliphatic heterocycles. The van der Waals surface area contributed by atoms with Crippen molar-refractivity contribution in [2.75, 3.05) is 0 Å². The second-order valence-corrected chi connectivity index (χ2v) is 3.93. The Morgan fingerprint density at radius 3 is 2.12 bits per heavy atom. The molecule has 1 unspecified atom stereocenters. The van der Waals surface area contributed by atoms with E-state index in [1.165, 1.54) is 0 Å². The van der Waals surface area contributed by atoms with E-state index in [0.29, 0.717) is 11.1 Å². The summed E-state index contributed by atoms with van der Waals surface area (Å²) in [5, 5.41) is 1.11. The lowest BCUT2D eigenvalue weighted by molar-refractivity contribution is 0.0537. The van der Waals surface area contributed by atoms with Crippen LogP contribution in [-0.2, 0) is 0 Å². The number of carbonyl (C=O) groups is 2. The number of carbonyl (C=O) groups excluding carboxylic acids is 2. The predicted molar refractivity (Wildman–Crippen MR) is 59.8 cm³/mol. The number of rotatable bonds is 3. The smallest absolute Gasteiger partial charge is 0.267 e. The summed E-state index contributed by atoms with van der Waals surface area (Å²) in [5.74, 6) is -0.526. The van der Waals surface area contributed by atoms with Crippen LogP contribution >= 0.6 is 0 Å². The molecular weight excluding hydrogens is 204 g/mol. The standard InChI is InChI=1S/C12H14N2O2/c1-3-8(2)13-14-11(15)9-6-4-5-7-10(9)12(14)16/h4-8,13H,3H2,1-2H3. The molecule has 0 radical (unpaired) electrons. The summed E-state index contributed by atoms with van der Waals surface area (Å²) in [5.41, 5.74) is 3.86. The van der Waals surface area contributed by atoms with Gasteiger partial charge >= 0.3 is 0 Å². The van der Waals surface area contributed by atoms with Gasteiger partial charge in [0.05, 0.1) is 11.1 Å². The average molecular weight is 218 g/mol. The number of amides is 2. The molecule has 0 fully saturated rings. The molecule has 0 aliphatic carbocycles. The summed E-state index contributed by atoms with van der Waals surface area (Å²) in [6.07, 6.45) is 0.855. The van der Waals surface area contributed by atoms with Crippen LogP contribution in [0.3, 0.4) is 0 Å². The van der Waals surface area contributed by atoms with Crippen LogP contribution in [0.25, 0.3) is 0 Å². The maximum atomic E-state index is 11.9. The third-order valence-electron chi connectivity index (χ3n) is 2.76. The number of hydrogen-bond donors (Lipinski definition) is 1. The molecule has 4 nitrogen and oxygen atoms in total. The van der Waals surface area contributed by atoms with Gasteiger partial charge in [-0.05, 0) is 25.5 Å².